The molecule has 0 bridgehead atoms. The topological polar surface area (TPSA) is 178 Å². The predicted octanol–water partition coefficient (Wildman–Crippen LogP) is 11.4. The van der Waals surface area contributed by atoms with E-state index < -0.39 is 44.8 Å². The van der Waals surface area contributed by atoms with Crippen LogP contribution >= 0.6 is 8.53 Å². The van der Waals surface area contributed by atoms with Crippen LogP contribution in [0.3, 0.4) is 0 Å². The van der Waals surface area contributed by atoms with Gasteiger partial charge in [-0.15, -0.1) is 0 Å². The molecule has 6 atom stereocenters. The Hall–Kier alpha value is -5.82. The third-order valence-electron chi connectivity index (χ3n) is 12.9. The lowest BCUT2D eigenvalue weighted by molar-refractivity contribution is -0.125. The molecule has 1 fully saturated rings. The number of hydrogen-bond acceptors (Lipinski definition) is 14. The summed E-state index contributed by atoms with van der Waals surface area (Å²) in [6.45, 7) is 11.0. The molecule has 2 aromatic heterocycles. The Morgan fingerprint density at radius 1 is 0.778 bits per heavy atom. The average molecular weight is 1000 g/mol. The lowest BCUT2D eigenvalue weighted by Gasteiger charge is -2.42. The summed E-state index contributed by atoms with van der Waals surface area (Å²) in [4.78, 5) is 29.5. The van der Waals surface area contributed by atoms with Crippen molar-refractivity contribution >= 4 is 31.3 Å². The average Bonchev–Trinajstić information content (AvgIpc) is 3.99. The number of fused-ring (bicyclic) bond motifs is 1. The number of aromatic nitrogens is 4. The second-order valence-electron chi connectivity index (χ2n) is 18.4. The molecule has 0 saturated carbocycles. The molecule has 2 unspecified atom stereocenters. The number of ether oxygens (including phenoxy) is 5. The monoisotopic (exact) mass is 1000 g/mol. The first kappa shape index (κ1) is 54.0. The van der Waals surface area contributed by atoms with Crippen LogP contribution < -0.4 is 15.2 Å². The molecule has 1 aliphatic heterocycles. The van der Waals surface area contributed by atoms with E-state index in [4.69, 9.17) is 38.5 Å². The molecular formula is C56H70N7O8P. The van der Waals surface area contributed by atoms with Gasteiger partial charge in [0.05, 0.1) is 39.6 Å². The Balaban J connectivity index is 1.47. The molecule has 15 nitrogen and oxygen atoms in total. The van der Waals surface area contributed by atoms with Gasteiger partial charge in [-0.25, -0.2) is 19.6 Å². The molecule has 1 aliphatic rings. The van der Waals surface area contributed by atoms with Gasteiger partial charge in [-0.05, 0) is 75.1 Å². The number of imidazole rings is 1. The molecule has 2 N–H and O–H groups in total. The fraction of sp³-hybridized carbons (Fsp3) is 0.446. The summed E-state index contributed by atoms with van der Waals surface area (Å²) in [7, 11) is 1.30. The summed E-state index contributed by atoms with van der Waals surface area (Å²) in [5.74, 6) is 1.13. The molecule has 4 aromatic carbocycles. The number of nitrogens with two attached hydrogens (primary N) is 1. The number of ketones is 1. The van der Waals surface area contributed by atoms with Crippen molar-refractivity contribution in [3.05, 3.63) is 144 Å². The van der Waals surface area contributed by atoms with E-state index in [2.05, 4.69) is 60.3 Å². The van der Waals surface area contributed by atoms with E-state index in [9.17, 15) is 5.26 Å². The third-order valence-corrected chi connectivity index (χ3v) is 15.0. The maximum absolute atomic E-state index is 16.0. The van der Waals surface area contributed by atoms with Gasteiger partial charge in [-0.2, -0.15) is 5.26 Å². The molecule has 3 heterocycles. The largest absolute Gasteiger partial charge is 0.497 e. The minimum absolute atomic E-state index is 0.0482. The van der Waals surface area contributed by atoms with Crippen LogP contribution in [0.4, 0.5) is 5.82 Å². The van der Waals surface area contributed by atoms with E-state index in [1.54, 1.807) is 37.2 Å². The van der Waals surface area contributed by atoms with Gasteiger partial charge in [0.15, 0.2) is 29.6 Å². The quantitative estimate of drug-likeness (QED) is 0.0212. The van der Waals surface area contributed by atoms with Crippen molar-refractivity contribution in [3.8, 4) is 17.6 Å². The van der Waals surface area contributed by atoms with Gasteiger partial charge in [0.25, 0.3) is 8.53 Å². The number of carbonyl (C=O) groups excluding carboxylic acids is 1. The van der Waals surface area contributed by atoms with Gasteiger partial charge in [0, 0.05) is 24.3 Å². The fourth-order valence-electron chi connectivity index (χ4n) is 9.42. The van der Waals surface area contributed by atoms with E-state index in [-0.39, 0.29) is 36.7 Å². The Morgan fingerprint density at radius 2 is 1.36 bits per heavy atom. The normalized spacial score (nSPS) is 17.9. The van der Waals surface area contributed by atoms with E-state index in [1.165, 1.54) is 25.6 Å². The van der Waals surface area contributed by atoms with Crippen LogP contribution in [-0.2, 0) is 28.9 Å². The number of carbonyl (C=O) groups is 1. The number of Topliss-reactive ketones (excluding diaryl/α,β-unsaturated/α-hetero) is 1. The summed E-state index contributed by atoms with van der Waals surface area (Å²) in [5, 5.41) is 9.73. The first-order valence-electron chi connectivity index (χ1n) is 25.1. The van der Waals surface area contributed by atoms with Crippen LogP contribution in [0.5, 0.6) is 11.5 Å². The summed E-state index contributed by atoms with van der Waals surface area (Å²) >= 11 is 0. The van der Waals surface area contributed by atoms with Crippen LogP contribution in [0.2, 0.25) is 0 Å². The number of unbranched alkanes of at least 4 members (excludes halogenated alkanes) is 6. The molecule has 0 amide bonds. The maximum atomic E-state index is 16.0. The highest BCUT2D eigenvalue weighted by Crippen LogP contribution is 2.53. The Kier molecular flexibility index (Phi) is 19.7. The lowest BCUT2D eigenvalue weighted by atomic mass is 9.79. The molecule has 6 aromatic rings. The maximum Gasteiger partial charge on any atom is 0.259 e. The summed E-state index contributed by atoms with van der Waals surface area (Å²) in [6, 6.07) is 36.4. The number of nitrogens with zero attached hydrogens (tertiary/aromatic N) is 6. The van der Waals surface area contributed by atoms with Gasteiger partial charge < -0.3 is 38.5 Å². The molecule has 0 aliphatic carbocycles. The van der Waals surface area contributed by atoms with Crippen molar-refractivity contribution in [3.63, 3.8) is 0 Å². The smallest absolute Gasteiger partial charge is 0.259 e. The molecule has 72 heavy (non-hydrogen) atoms. The van der Waals surface area contributed by atoms with Crippen molar-refractivity contribution in [2.24, 2.45) is 0 Å². The number of rotatable bonds is 28. The second kappa shape index (κ2) is 26.2. The zero-order valence-electron chi connectivity index (χ0n) is 42.6. The molecule has 0 radical (unpaired) electrons. The molecule has 1 saturated heterocycles. The molecule has 7 rings (SSSR count). The van der Waals surface area contributed by atoms with Crippen LogP contribution in [0.1, 0.15) is 119 Å². The molecule has 382 valence electrons. The highest BCUT2D eigenvalue weighted by atomic mass is 31.2. The van der Waals surface area contributed by atoms with Crippen molar-refractivity contribution in [1.82, 2.24) is 24.2 Å². The molecular weight excluding hydrogens is 930 g/mol. The van der Waals surface area contributed by atoms with Crippen molar-refractivity contribution in [2.75, 3.05) is 33.2 Å². The van der Waals surface area contributed by atoms with Crippen LogP contribution in [0.25, 0.3) is 11.2 Å². The van der Waals surface area contributed by atoms with E-state index >= 15 is 4.79 Å². The van der Waals surface area contributed by atoms with Gasteiger partial charge in [-0.3, -0.25) is 9.36 Å². The van der Waals surface area contributed by atoms with Gasteiger partial charge >= 0.3 is 0 Å². The summed E-state index contributed by atoms with van der Waals surface area (Å²) in [6.07, 6.45) is 5.18. The van der Waals surface area contributed by atoms with E-state index in [1.807, 2.05) is 97.1 Å². The standard InChI is InChI=1S/C56H70N7O8P/c1-8-9-10-11-12-13-20-35-67-52-51(71-72(68-36-21-34-57)63(39(2)3)40(4)5)50(69-55(52)62-38-61-47-53(58)59-37-60-54(47)62)49(48(64)41-22-16-14-17-23-41)70-56(42-24-18-15-19-25-42,43-26-30-45(65-6)31-27-43)44-28-32-46(66-7)33-29-44/h14-19,22-33,37-40,49-52,55H,8-13,20-21,35-36H2,1-7H3,(H2,58,59,60)/t49?,50-,51-,52-,55-,72?/m1/s1. The number of anilines is 1. The van der Waals surface area contributed by atoms with Crippen molar-refractivity contribution < 1.29 is 37.5 Å². The minimum atomic E-state index is -1.94. The molecule has 0 spiro atoms. The zero-order valence-corrected chi connectivity index (χ0v) is 43.5. The number of methoxy groups -OCH3 is 2. The first-order valence-corrected chi connectivity index (χ1v) is 26.3. The van der Waals surface area contributed by atoms with E-state index in [0.29, 0.717) is 46.0 Å². The number of nitrogen functional groups attached to an aromatic ring is 1. The summed E-state index contributed by atoms with van der Waals surface area (Å²) in [5.41, 5.74) is 8.29. The third kappa shape index (κ3) is 12.5. The van der Waals surface area contributed by atoms with Crippen LogP contribution in [0, 0.1) is 11.3 Å². The molecule has 16 heteroatoms. The SMILES string of the molecule is CCCCCCCCCO[C@@H]1[C@H](OP(OCCC#N)N(C(C)C)C(C)C)[C@@H](C(OC(c2ccccc2)(c2ccc(OC)cc2)c2ccc(OC)cc2)C(=O)c2ccccc2)O[C@H]1n1cnc2c(N)ncnc21. The van der Waals surface area contributed by atoms with Crippen molar-refractivity contribution in [2.45, 2.75) is 134 Å². The van der Waals surface area contributed by atoms with Crippen molar-refractivity contribution in [1.29, 1.82) is 5.26 Å². The Bertz CT molecular complexity index is 2580. The Labute approximate surface area is 425 Å². The second-order valence-corrected chi connectivity index (χ2v) is 19.8. The number of benzene rings is 4. The highest BCUT2D eigenvalue weighted by molar-refractivity contribution is 7.44. The predicted molar refractivity (Wildman–Crippen MR) is 279 cm³/mol. The summed E-state index contributed by atoms with van der Waals surface area (Å²) < 4.78 is 51.8. The lowest BCUT2D eigenvalue weighted by Crippen LogP contribution is -2.51. The number of hydrogen-bond donors (Lipinski definition) is 1. The highest BCUT2D eigenvalue weighted by Gasteiger charge is 2.57. The van der Waals surface area contributed by atoms with Gasteiger partial charge in [-0.1, -0.05) is 130 Å². The van der Waals surface area contributed by atoms with Gasteiger partial charge in [0.2, 0.25) is 0 Å². The Morgan fingerprint density at radius 3 is 1.94 bits per heavy atom. The van der Waals surface area contributed by atoms with Crippen LogP contribution in [-0.4, -0.2) is 93.9 Å². The van der Waals surface area contributed by atoms with Crippen LogP contribution in [0.15, 0.2) is 122 Å². The first-order chi connectivity index (χ1) is 35.1. The zero-order chi connectivity index (χ0) is 51.0. The van der Waals surface area contributed by atoms with E-state index in [0.717, 1.165) is 31.2 Å². The minimum Gasteiger partial charge on any atom is -0.497 e. The van der Waals surface area contributed by atoms with Gasteiger partial charge in [0.1, 0.15) is 47.3 Å². The number of nitriles is 1. The fourth-order valence-corrected chi connectivity index (χ4v) is 11.2.